The maximum Gasteiger partial charge on any atom is 0.174 e. The van der Waals surface area contributed by atoms with Gasteiger partial charge in [-0.15, -0.1) is 11.8 Å². The molecule has 4 nitrogen and oxygen atoms in total. The summed E-state index contributed by atoms with van der Waals surface area (Å²) in [6, 6.07) is 7.81. The molecule has 0 aliphatic carbocycles. The third-order valence-electron chi connectivity index (χ3n) is 4.54. The Bertz CT molecular complexity index is 901. The molecule has 0 amide bonds. The Labute approximate surface area is 151 Å². The molecule has 1 aromatic carbocycles. The lowest BCUT2D eigenvalue weighted by molar-refractivity contribution is 0.102. The van der Waals surface area contributed by atoms with Crippen molar-refractivity contribution in [2.75, 3.05) is 17.3 Å². The number of ketones is 1. The van der Waals surface area contributed by atoms with Gasteiger partial charge in [0.25, 0.3) is 0 Å². The van der Waals surface area contributed by atoms with Crippen LogP contribution in [0.1, 0.15) is 34.2 Å². The van der Waals surface area contributed by atoms with E-state index in [1.54, 1.807) is 12.1 Å². The van der Waals surface area contributed by atoms with Gasteiger partial charge in [0.15, 0.2) is 15.6 Å². The largest absolute Gasteiger partial charge is 0.344 e. The molecule has 1 saturated heterocycles. The van der Waals surface area contributed by atoms with E-state index in [9.17, 15) is 17.6 Å². The summed E-state index contributed by atoms with van der Waals surface area (Å²) in [4.78, 5) is 13.4. The number of hydrogen-bond donors (Lipinski definition) is 0. The molecule has 1 atom stereocenters. The molecule has 0 radical (unpaired) electrons. The van der Waals surface area contributed by atoms with Crippen LogP contribution in [0.3, 0.4) is 0 Å². The van der Waals surface area contributed by atoms with Crippen molar-refractivity contribution in [1.29, 1.82) is 0 Å². The van der Waals surface area contributed by atoms with Crippen molar-refractivity contribution in [3.8, 4) is 0 Å². The first-order valence-corrected chi connectivity index (χ1v) is 10.9. The molecule has 2 heterocycles. The zero-order valence-electron chi connectivity index (χ0n) is 14.2. The minimum Gasteiger partial charge on any atom is -0.344 e. The first-order chi connectivity index (χ1) is 11.8. The third kappa shape index (κ3) is 3.98. The van der Waals surface area contributed by atoms with E-state index in [0.717, 1.165) is 16.3 Å². The van der Waals surface area contributed by atoms with E-state index in [2.05, 4.69) is 0 Å². The fourth-order valence-corrected chi connectivity index (χ4v) is 5.84. The fraction of sp³-hybridized carbons (Fsp3) is 0.389. The number of carbonyl (C=O) groups excluding carboxylic acids is 1. The maximum atomic E-state index is 12.9. The van der Waals surface area contributed by atoms with Crippen LogP contribution in [0.5, 0.6) is 0 Å². The van der Waals surface area contributed by atoms with E-state index >= 15 is 0 Å². The molecule has 25 heavy (non-hydrogen) atoms. The van der Waals surface area contributed by atoms with Gasteiger partial charge in [0.05, 0.1) is 17.3 Å². The van der Waals surface area contributed by atoms with E-state index in [4.69, 9.17) is 0 Å². The number of thioether (sulfide) groups is 1. The van der Waals surface area contributed by atoms with E-state index in [-0.39, 0.29) is 34.9 Å². The van der Waals surface area contributed by atoms with E-state index < -0.39 is 9.84 Å². The first-order valence-electron chi connectivity index (χ1n) is 8.07. The van der Waals surface area contributed by atoms with Gasteiger partial charge in [-0.05, 0) is 50.6 Å². The smallest absolute Gasteiger partial charge is 0.174 e. The van der Waals surface area contributed by atoms with Gasteiger partial charge in [-0.2, -0.15) is 0 Å². The number of carbonyl (C=O) groups is 1. The van der Waals surface area contributed by atoms with E-state index in [1.807, 2.05) is 24.5 Å². The summed E-state index contributed by atoms with van der Waals surface area (Å²) in [5.74, 6) is 0.304. The predicted octanol–water partition coefficient (Wildman–Crippen LogP) is 3.58. The fourth-order valence-electron chi connectivity index (χ4n) is 3.36. The van der Waals surface area contributed by atoms with Gasteiger partial charge in [0, 0.05) is 27.9 Å². The number of sulfone groups is 1. The highest BCUT2D eigenvalue weighted by molar-refractivity contribution is 8.00. The standard InChI is InChI=1S/C18H20FNO3S2/c1-12-9-17(13(2)20(12)15-7-8-25(22,23)11-15)18(21)10-24-16-5-3-14(19)4-6-16/h3-6,9,15H,7-8,10-11H2,1-2H3/t15-/m1/s1. The Kier molecular flexibility index (Phi) is 5.06. The number of halogens is 1. The Morgan fingerprint density at radius 3 is 2.56 bits per heavy atom. The van der Waals surface area contributed by atoms with Crippen molar-refractivity contribution in [2.24, 2.45) is 0 Å². The van der Waals surface area contributed by atoms with Crippen LogP contribution in [0.15, 0.2) is 35.2 Å². The molecular formula is C18H20FNO3S2. The van der Waals surface area contributed by atoms with Gasteiger partial charge >= 0.3 is 0 Å². The van der Waals surface area contributed by atoms with Crippen molar-refractivity contribution in [3.63, 3.8) is 0 Å². The minimum atomic E-state index is -2.98. The monoisotopic (exact) mass is 381 g/mol. The maximum absolute atomic E-state index is 12.9. The Morgan fingerprint density at radius 1 is 1.28 bits per heavy atom. The summed E-state index contributed by atoms with van der Waals surface area (Å²) in [5, 5.41) is 0. The quantitative estimate of drug-likeness (QED) is 0.587. The Hall–Kier alpha value is -1.60. The second-order valence-corrected chi connectivity index (χ2v) is 9.65. The highest BCUT2D eigenvalue weighted by atomic mass is 32.2. The zero-order valence-corrected chi connectivity index (χ0v) is 15.8. The highest BCUT2D eigenvalue weighted by Gasteiger charge is 2.31. The number of aryl methyl sites for hydroxylation is 1. The molecule has 0 unspecified atom stereocenters. The van der Waals surface area contributed by atoms with Crippen LogP contribution in [0.4, 0.5) is 4.39 Å². The van der Waals surface area contributed by atoms with Crippen LogP contribution < -0.4 is 0 Å². The molecule has 1 aliphatic heterocycles. The average molecular weight is 381 g/mol. The predicted molar refractivity (Wildman–Crippen MR) is 97.7 cm³/mol. The van der Waals surface area contributed by atoms with Crippen LogP contribution >= 0.6 is 11.8 Å². The lowest BCUT2D eigenvalue weighted by Gasteiger charge is -2.16. The topological polar surface area (TPSA) is 56.1 Å². The summed E-state index contributed by atoms with van der Waals surface area (Å²) < 4.78 is 38.4. The lowest BCUT2D eigenvalue weighted by Crippen LogP contribution is -2.14. The number of Topliss-reactive ketones (excluding diaryl/α,β-unsaturated/α-hetero) is 1. The molecule has 0 N–H and O–H groups in total. The minimum absolute atomic E-state index is 0.00507. The SMILES string of the molecule is Cc1cc(C(=O)CSc2ccc(F)cc2)c(C)n1[C@@H]1CCS(=O)(=O)C1. The molecular weight excluding hydrogens is 361 g/mol. The molecule has 0 saturated carbocycles. The molecule has 1 aromatic heterocycles. The van der Waals surface area contributed by atoms with Gasteiger partial charge in [-0.1, -0.05) is 0 Å². The molecule has 2 aromatic rings. The van der Waals surface area contributed by atoms with Crippen LogP contribution in [-0.2, 0) is 9.84 Å². The molecule has 0 bridgehead atoms. The summed E-state index contributed by atoms with van der Waals surface area (Å²) in [5.41, 5.74) is 2.37. The zero-order chi connectivity index (χ0) is 18.2. The van der Waals surface area contributed by atoms with Gasteiger partial charge < -0.3 is 4.57 Å². The number of rotatable bonds is 5. The molecule has 7 heteroatoms. The first kappa shape index (κ1) is 18.2. The molecule has 3 rings (SSSR count). The van der Waals surface area contributed by atoms with Crippen molar-refractivity contribution in [2.45, 2.75) is 31.2 Å². The number of hydrogen-bond acceptors (Lipinski definition) is 4. The number of nitrogens with zero attached hydrogens (tertiary/aromatic N) is 1. The van der Waals surface area contributed by atoms with Crippen LogP contribution in [0.2, 0.25) is 0 Å². The molecule has 134 valence electrons. The van der Waals surface area contributed by atoms with Crippen LogP contribution in [0.25, 0.3) is 0 Å². The Balaban J connectivity index is 1.75. The summed E-state index contributed by atoms with van der Waals surface area (Å²) >= 11 is 1.37. The van der Waals surface area contributed by atoms with Crippen molar-refractivity contribution in [3.05, 3.63) is 53.1 Å². The summed E-state index contributed by atoms with van der Waals surface area (Å²) in [7, 11) is -2.98. The summed E-state index contributed by atoms with van der Waals surface area (Å²) in [6.45, 7) is 3.77. The molecule has 1 fully saturated rings. The van der Waals surface area contributed by atoms with Crippen molar-refractivity contribution < 1.29 is 17.6 Å². The van der Waals surface area contributed by atoms with E-state index in [1.165, 1.54) is 23.9 Å². The van der Waals surface area contributed by atoms with Gasteiger partial charge in [-0.25, -0.2) is 12.8 Å². The van der Waals surface area contributed by atoms with Gasteiger partial charge in [0.1, 0.15) is 5.82 Å². The average Bonchev–Trinajstić information content (AvgIpc) is 3.05. The van der Waals surface area contributed by atoms with Gasteiger partial charge in [-0.3, -0.25) is 4.79 Å². The molecule has 0 spiro atoms. The lowest BCUT2D eigenvalue weighted by atomic mass is 10.2. The van der Waals surface area contributed by atoms with Gasteiger partial charge in [0.2, 0.25) is 0 Å². The van der Waals surface area contributed by atoms with Crippen LogP contribution in [0, 0.1) is 19.7 Å². The second kappa shape index (κ2) is 6.96. The second-order valence-electron chi connectivity index (χ2n) is 6.38. The molecule has 1 aliphatic rings. The normalized spacial score (nSPS) is 19.2. The van der Waals surface area contributed by atoms with Crippen molar-refractivity contribution >= 4 is 27.4 Å². The highest BCUT2D eigenvalue weighted by Crippen LogP contribution is 2.30. The van der Waals surface area contributed by atoms with Crippen molar-refractivity contribution in [1.82, 2.24) is 4.57 Å². The number of aromatic nitrogens is 1. The Morgan fingerprint density at radius 2 is 1.96 bits per heavy atom. The van der Waals surface area contributed by atoms with Crippen LogP contribution in [-0.4, -0.2) is 36.0 Å². The number of benzene rings is 1. The van der Waals surface area contributed by atoms with E-state index in [0.29, 0.717) is 12.0 Å². The third-order valence-corrected chi connectivity index (χ3v) is 7.30. The summed E-state index contributed by atoms with van der Waals surface area (Å²) in [6.07, 6.45) is 0.594.